The van der Waals surface area contributed by atoms with Crippen LogP contribution in [0.1, 0.15) is 5.56 Å². The first kappa shape index (κ1) is 12.2. The highest BCUT2D eigenvalue weighted by atomic mass is 35.5. The van der Waals surface area contributed by atoms with Crippen LogP contribution < -0.4 is 5.56 Å². The number of H-pyrrole nitrogens is 1. The molecule has 0 saturated heterocycles. The summed E-state index contributed by atoms with van der Waals surface area (Å²) in [5.41, 5.74) is 1.28. The molecule has 5 heteroatoms. The molecule has 0 aliphatic heterocycles. The highest BCUT2D eigenvalue weighted by Crippen LogP contribution is 2.31. The van der Waals surface area contributed by atoms with Crippen molar-refractivity contribution in [2.75, 3.05) is 0 Å². The number of aliphatic hydroxyl groups is 1. The van der Waals surface area contributed by atoms with Crippen LogP contribution in [0.4, 0.5) is 0 Å². The highest BCUT2D eigenvalue weighted by Gasteiger charge is 2.10. The molecule has 88 valence electrons. The third-order valence-corrected chi connectivity index (χ3v) is 3.21. The first-order chi connectivity index (χ1) is 8.13. The number of aromatic nitrogens is 1. The molecule has 0 unspecified atom stereocenters. The Kier molecular flexibility index (Phi) is 3.52. The number of rotatable bonds is 2. The van der Waals surface area contributed by atoms with Crippen molar-refractivity contribution in [1.82, 2.24) is 4.98 Å². The van der Waals surface area contributed by atoms with Gasteiger partial charge in [-0.1, -0.05) is 35.3 Å². The molecule has 0 radical (unpaired) electrons. The normalized spacial score (nSPS) is 10.5. The summed E-state index contributed by atoms with van der Waals surface area (Å²) in [4.78, 5) is 14.3. The lowest BCUT2D eigenvalue weighted by Crippen LogP contribution is -2.09. The largest absolute Gasteiger partial charge is 0.392 e. The molecule has 1 aromatic carbocycles. The summed E-state index contributed by atoms with van der Waals surface area (Å²) in [5, 5.41) is 9.76. The zero-order chi connectivity index (χ0) is 12.4. The summed E-state index contributed by atoms with van der Waals surface area (Å²) < 4.78 is 0. The van der Waals surface area contributed by atoms with Crippen molar-refractivity contribution in [3.8, 4) is 11.1 Å². The lowest BCUT2D eigenvalue weighted by Gasteiger charge is -2.06. The Morgan fingerprint density at radius 2 is 2.00 bits per heavy atom. The van der Waals surface area contributed by atoms with E-state index in [9.17, 15) is 4.79 Å². The van der Waals surface area contributed by atoms with Crippen molar-refractivity contribution in [2.45, 2.75) is 6.61 Å². The number of pyridine rings is 1. The highest BCUT2D eigenvalue weighted by molar-refractivity contribution is 6.43. The van der Waals surface area contributed by atoms with E-state index in [1.807, 2.05) is 0 Å². The standard InChI is InChI=1S/C12H9Cl2NO2/c13-10-3-1-2-8(11(10)14)9-4-7(6-16)5-15-12(9)17/h1-5,16H,6H2,(H,15,17). The molecule has 2 N–H and O–H groups in total. The van der Waals surface area contributed by atoms with E-state index in [4.69, 9.17) is 28.3 Å². The SMILES string of the molecule is O=c1[nH]cc(CO)cc1-c1cccc(Cl)c1Cl. The molecule has 0 amide bonds. The summed E-state index contributed by atoms with van der Waals surface area (Å²) in [6.07, 6.45) is 1.46. The van der Waals surface area contributed by atoms with Crippen molar-refractivity contribution >= 4 is 23.2 Å². The van der Waals surface area contributed by atoms with Gasteiger partial charge < -0.3 is 10.1 Å². The van der Waals surface area contributed by atoms with Crippen molar-refractivity contribution in [3.05, 3.63) is 56.4 Å². The minimum Gasteiger partial charge on any atom is -0.392 e. The van der Waals surface area contributed by atoms with Gasteiger partial charge in [0.15, 0.2) is 0 Å². The second-order valence-electron chi connectivity index (χ2n) is 3.51. The minimum atomic E-state index is -0.272. The van der Waals surface area contributed by atoms with E-state index >= 15 is 0 Å². The smallest absolute Gasteiger partial charge is 0.255 e. The van der Waals surface area contributed by atoms with E-state index in [2.05, 4.69) is 4.98 Å². The first-order valence-electron chi connectivity index (χ1n) is 4.90. The number of nitrogens with one attached hydrogen (secondary N) is 1. The molecular weight excluding hydrogens is 261 g/mol. The maximum Gasteiger partial charge on any atom is 0.255 e. The molecule has 1 heterocycles. The molecular formula is C12H9Cl2NO2. The molecule has 0 fully saturated rings. The van der Waals surface area contributed by atoms with E-state index in [1.165, 1.54) is 6.20 Å². The topological polar surface area (TPSA) is 53.1 Å². The molecule has 2 aromatic rings. The Hall–Kier alpha value is -1.29. The van der Waals surface area contributed by atoms with Gasteiger partial charge in [-0.3, -0.25) is 4.79 Å². The number of aliphatic hydroxyl groups excluding tert-OH is 1. The van der Waals surface area contributed by atoms with E-state index in [1.54, 1.807) is 24.3 Å². The number of hydrogen-bond donors (Lipinski definition) is 2. The Balaban J connectivity index is 2.68. The summed E-state index contributed by atoms with van der Waals surface area (Å²) in [7, 11) is 0. The van der Waals surface area contributed by atoms with Crippen LogP contribution in [-0.2, 0) is 6.61 Å². The van der Waals surface area contributed by atoms with Gasteiger partial charge >= 0.3 is 0 Å². The van der Waals surface area contributed by atoms with Gasteiger partial charge in [0.05, 0.1) is 16.7 Å². The number of aromatic amines is 1. The molecule has 0 spiro atoms. The van der Waals surface area contributed by atoms with Crippen LogP contribution in [0.25, 0.3) is 11.1 Å². The summed E-state index contributed by atoms with van der Waals surface area (Å²) in [6.45, 7) is -0.151. The first-order valence-corrected chi connectivity index (χ1v) is 5.66. The zero-order valence-corrected chi connectivity index (χ0v) is 10.2. The van der Waals surface area contributed by atoms with Gasteiger partial charge in [-0.25, -0.2) is 0 Å². The number of halogens is 2. The predicted molar refractivity (Wildman–Crippen MR) is 68.4 cm³/mol. The maximum absolute atomic E-state index is 11.7. The third kappa shape index (κ3) is 2.36. The Morgan fingerprint density at radius 3 is 2.71 bits per heavy atom. The quantitative estimate of drug-likeness (QED) is 0.881. The van der Waals surface area contributed by atoms with Crippen molar-refractivity contribution < 1.29 is 5.11 Å². The summed E-state index contributed by atoms with van der Waals surface area (Å²) in [6, 6.07) is 6.67. The molecule has 0 atom stereocenters. The van der Waals surface area contributed by atoms with Gasteiger partial charge in [0.1, 0.15) is 0 Å². The van der Waals surface area contributed by atoms with Gasteiger partial charge in [0.25, 0.3) is 5.56 Å². The lowest BCUT2D eigenvalue weighted by atomic mass is 10.1. The average molecular weight is 270 g/mol. The third-order valence-electron chi connectivity index (χ3n) is 2.39. The van der Waals surface area contributed by atoms with Crippen LogP contribution in [0, 0.1) is 0 Å². The number of benzene rings is 1. The van der Waals surface area contributed by atoms with Crippen LogP contribution in [0.5, 0.6) is 0 Å². The van der Waals surface area contributed by atoms with Gasteiger partial charge in [-0.05, 0) is 17.7 Å². The summed E-state index contributed by atoms with van der Waals surface area (Å²) >= 11 is 11.9. The summed E-state index contributed by atoms with van der Waals surface area (Å²) in [5.74, 6) is 0. The van der Waals surface area contributed by atoms with E-state index in [0.717, 1.165) is 0 Å². The van der Waals surface area contributed by atoms with Gasteiger partial charge in [0, 0.05) is 17.3 Å². The van der Waals surface area contributed by atoms with E-state index in [-0.39, 0.29) is 12.2 Å². The number of hydrogen-bond acceptors (Lipinski definition) is 2. The predicted octanol–water partition coefficient (Wildman–Crippen LogP) is 2.84. The van der Waals surface area contributed by atoms with Gasteiger partial charge in [0.2, 0.25) is 0 Å². The average Bonchev–Trinajstić information content (AvgIpc) is 2.34. The maximum atomic E-state index is 11.7. The van der Waals surface area contributed by atoms with Crippen LogP contribution in [0.15, 0.2) is 35.3 Å². The van der Waals surface area contributed by atoms with Crippen molar-refractivity contribution in [3.63, 3.8) is 0 Å². The molecule has 0 bridgehead atoms. The molecule has 0 aliphatic carbocycles. The zero-order valence-electron chi connectivity index (χ0n) is 8.71. The molecule has 1 aromatic heterocycles. The molecule has 2 rings (SSSR count). The van der Waals surface area contributed by atoms with Crippen LogP contribution in [0.2, 0.25) is 10.0 Å². The molecule has 17 heavy (non-hydrogen) atoms. The van der Waals surface area contributed by atoms with Crippen LogP contribution >= 0.6 is 23.2 Å². The minimum absolute atomic E-state index is 0.151. The lowest BCUT2D eigenvalue weighted by molar-refractivity contribution is 0.281. The fourth-order valence-corrected chi connectivity index (χ4v) is 1.93. The van der Waals surface area contributed by atoms with Gasteiger partial charge in [-0.2, -0.15) is 0 Å². The fraction of sp³-hybridized carbons (Fsp3) is 0.0833. The monoisotopic (exact) mass is 269 g/mol. The van der Waals surface area contributed by atoms with Crippen LogP contribution in [0.3, 0.4) is 0 Å². The van der Waals surface area contributed by atoms with Crippen molar-refractivity contribution in [1.29, 1.82) is 0 Å². The van der Waals surface area contributed by atoms with E-state index in [0.29, 0.717) is 26.7 Å². The molecule has 0 saturated carbocycles. The fourth-order valence-electron chi connectivity index (χ4n) is 1.53. The second kappa shape index (κ2) is 4.92. The Labute approximate surface area is 108 Å². The van der Waals surface area contributed by atoms with E-state index < -0.39 is 0 Å². The molecule has 0 aliphatic rings. The molecule has 3 nitrogen and oxygen atoms in total. The Bertz CT molecular complexity index is 608. The van der Waals surface area contributed by atoms with Gasteiger partial charge in [-0.15, -0.1) is 0 Å². The van der Waals surface area contributed by atoms with Crippen molar-refractivity contribution in [2.24, 2.45) is 0 Å². The Morgan fingerprint density at radius 1 is 1.24 bits per heavy atom. The van der Waals surface area contributed by atoms with Crippen LogP contribution in [-0.4, -0.2) is 10.1 Å². The second-order valence-corrected chi connectivity index (χ2v) is 4.30.